The van der Waals surface area contributed by atoms with Crippen molar-refractivity contribution in [1.82, 2.24) is 15.6 Å². The second-order valence-electron chi connectivity index (χ2n) is 6.52. The van der Waals surface area contributed by atoms with Gasteiger partial charge < -0.3 is 16.0 Å². The molecule has 27 heavy (non-hydrogen) atoms. The Balaban J connectivity index is 1.75. The van der Waals surface area contributed by atoms with Gasteiger partial charge in [0.1, 0.15) is 0 Å². The Morgan fingerprint density at radius 2 is 1.96 bits per heavy atom. The number of aryl methyl sites for hydroxylation is 1. The van der Waals surface area contributed by atoms with Gasteiger partial charge in [-0.15, -0.1) is 11.3 Å². The lowest BCUT2D eigenvalue weighted by atomic mass is 10.1. The van der Waals surface area contributed by atoms with Crippen molar-refractivity contribution in [2.75, 3.05) is 18.9 Å². The molecule has 0 aliphatic carbocycles. The molecule has 1 aromatic carbocycles. The number of carbonyl (C=O) groups excluding carboxylic acids is 1. The van der Waals surface area contributed by atoms with Gasteiger partial charge in [-0.25, -0.2) is 4.98 Å². The highest BCUT2D eigenvalue weighted by Gasteiger charge is 2.07. The summed E-state index contributed by atoms with van der Waals surface area (Å²) in [5.74, 6) is 0.759. The number of anilines is 1. The van der Waals surface area contributed by atoms with Crippen LogP contribution in [0.3, 0.4) is 0 Å². The van der Waals surface area contributed by atoms with E-state index in [1.54, 1.807) is 18.4 Å². The lowest BCUT2D eigenvalue weighted by Gasteiger charge is -2.12. The van der Waals surface area contributed by atoms with Crippen LogP contribution in [0.4, 0.5) is 5.69 Å². The third kappa shape index (κ3) is 7.02. The van der Waals surface area contributed by atoms with Crippen LogP contribution in [0.1, 0.15) is 36.2 Å². The van der Waals surface area contributed by atoms with Crippen molar-refractivity contribution >= 4 is 28.9 Å². The van der Waals surface area contributed by atoms with Crippen molar-refractivity contribution in [2.24, 2.45) is 10.9 Å². The van der Waals surface area contributed by atoms with Gasteiger partial charge in [0.25, 0.3) is 0 Å². The molecule has 0 aliphatic rings. The van der Waals surface area contributed by atoms with E-state index in [4.69, 9.17) is 0 Å². The molecule has 0 saturated heterocycles. The molecule has 0 radical (unpaired) electrons. The van der Waals surface area contributed by atoms with Gasteiger partial charge in [-0.1, -0.05) is 32.9 Å². The van der Waals surface area contributed by atoms with Crippen LogP contribution in [0.2, 0.25) is 0 Å². The number of nitrogens with one attached hydrogen (secondary N) is 3. The molecule has 2 aromatic rings. The minimum atomic E-state index is -0.0290. The van der Waals surface area contributed by atoms with E-state index >= 15 is 0 Å². The molecule has 0 atom stereocenters. The summed E-state index contributed by atoms with van der Waals surface area (Å²) < 4.78 is 0. The monoisotopic (exact) mass is 387 g/mol. The quantitative estimate of drug-likeness (QED) is 0.480. The summed E-state index contributed by atoms with van der Waals surface area (Å²) in [6, 6.07) is 7.83. The highest BCUT2D eigenvalue weighted by molar-refractivity contribution is 7.11. The number of carbonyl (C=O) groups is 1. The molecule has 0 spiro atoms. The Hall–Kier alpha value is -2.41. The molecule has 146 valence electrons. The summed E-state index contributed by atoms with van der Waals surface area (Å²) in [5.41, 5.74) is 1.93. The summed E-state index contributed by atoms with van der Waals surface area (Å²) >= 11 is 1.77. The zero-order valence-corrected chi connectivity index (χ0v) is 17.3. The molecule has 1 heterocycles. The fourth-order valence-corrected chi connectivity index (χ4v) is 3.18. The molecule has 0 saturated carbocycles. The predicted molar refractivity (Wildman–Crippen MR) is 113 cm³/mol. The van der Waals surface area contributed by atoms with E-state index < -0.39 is 0 Å². The fourth-order valence-electron chi connectivity index (χ4n) is 2.31. The van der Waals surface area contributed by atoms with Crippen molar-refractivity contribution in [3.8, 4) is 0 Å². The highest BCUT2D eigenvalue weighted by Crippen LogP contribution is 2.13. The van der Waals surface area contributed by atoms with Gasteiger partial charge in [0.05, 0.1) is 5.01 Å². The number of benzene rings is 1. The van der Waals surface area contributed by atoms with E-state index in [-0.39, 0.29) is 11.8 Å². The molecule has 7 heteroatoms. The summed E-state index contributed by atoms with van der Waals surface area (Å²) in [6.07, 6.45) is 3.88. The maximum absolute atomic E-state index is 11.7. The lowest BCUT2D eigenvalue weighted by Crippen LogP contribution is -2.37. The smallest absolute Gasteiger partial charge is 0.226 e. The number of amides is 1. The van der Waals surface area contributed by atoms with E-state index in [0.717, 1.165) is 41.6 Å². The van der Waals surface area contributed by atoms with Crippen LogP contribution in [0.25, 0.3) is 0 Å². The maximum Gasteiger partial charge on any atom is 0.226 e. The van der Waals surface area contributed by atoms with Crippen LogP contribution in [0.5, 0.6) is 0 Å². The molecular formula is C20H29N5OS. The third-order valence-electron chi connectivity index (χ3n) is 4.01. The van der Waals surface area contributed by atoms with Crippen LogP contribution >= 0.6 is 11.3 Å². The normalized spacial score (nSPS) is 11.5. The molecule has 0 bridgehead atoms. The Labute approximate surface area is 165 Å². The molecule has 0 aliphatic heterocycles. The van der Waals surface area contributed by atoms with E-state index in [2.05, 4.69) is 32.9 Å². The van der Waals surface area contributed by atoms with Crippen LogP contribution in [0, 0.1) is 5.92 Å². The molecule has 2 rings (SSSR count). The second-order valence-corrected chi connectivity index (χ2v) is 7.72. The van der Waals surface area contributed by atoms with Gasteiger partial charge >= 0.3 is 0 Å². The minimum absolute atomic E-state index is 0.0248. The Bertz CT molecular complexity index is 752. The fraction of sp³-hybridized carbons (Fsp3) is 0.450. The van der Waals surface area contributed by atoms with Gasteiger partial charge in [0.2, 0.25) is 5.91 Å². The Morgan fingerprint density at radius 1 is 1.22 bits per heavy atom. The predicted octanol–water partition coefficient (Wildman–Crippen LogP) is 3.21. The summed E-state index contributed by atoms with van der Waals surface area (Å²) in [5, 5.41) is 10.7. The van der Waals surface area contributed by atoms with Crippen LogP contribution in [-0.2, 0) is 24.2 Å². The minimum Gasteiger partial charge on any atom is -0.356 e. The number of hydrogen-bond acceptors (Lipinski definition) is 4. The second kappa shape index (κ2) is 10.7. The molecule has 1 amide bonds. The molecule has 6 nitrogen and oxygen atoms in total. The van der Waals surface area contributed by atoms with Crippen molar-refractivity contribution in [3.63, 3.8) is 0 Å². The molecular weight excluding hydrogens is 358 g/mol. The van der Waals surface area contributed by atoms with E-state index in [9.17, 15) is 4.79 Å². The van der Waals surface area contributed by atoms with Crippen molar-refractivity contribution in [3.05, 3.63) is 45.9 Å². The van der Waals surface area contributed by atoms with Gasteiger partial charge in [-0.05, 0) is 24.1 Å². The number of hydrogen-bond donors (Lipinski definition) is 3. The first-order valence-corrected chi connectivity index (χ1v) is 10.1. The number of aromatic nitrogens is 1. The highest BCUT2D eigenvalue weighted by atomic mass is 32.1. The first kappa shape index (κ1) is 20.9. The van der Waals surface area contributed by atoms with Gasteiger partial charge in [0, 0.05) is 49.2 Å². The first-order valence-electron chi connectivity index (χ1n) is 9.29. The molecule has 0 fully saturated rings. The number of rotatable bonds is 8. The molecule has 0 unspecified atom stereocenters. The zero-order chi connectivity index (χ0) is 19.6. The van der Waals surface area contributed by atoms with Crippen LogP contribution in [-0.4, -0.2) is 30.4 Å². The van der Waals surface area contributed by atoms with Crippen LogP contribution in [0.15, 0.2) is 35.5 Å². The summed E-state index contributed by atoms with van der Waals surface area (Å²) in [4.78, 5) is 21.7. The lowest BCUT2D eigenvalue weighted by molar-refractivity contribution is -0.118. The van der Waals surface area contributed by atoms with E-state index in [1.165, 1.54) is 4.88 Å². The Kier molecular flexibility index (Phi) is 8.26. The van der Waals surface area contributed by atoms with Gasteiger partial charge in [-0.3, -0.25) is 9.79 Å². The maximum atomic E-state index is 11.7. The average molecular weight is 388 g/mol. The third-order valence-corrected chi connectivity index (χ3v) is 5.21. The van der Waals surface area contributed by atoms with Crippen molar-refractivity contribution in [1.29, 1.82) is 0 Å². The topological polar surface area (TPSA) is 78.4 Å². The van der Waals surface area contributed by atoms with E-state index in [0.29, 0.717) is 6.54 Å². The zero-order valence-electron chi connectivity index (χ0n) is 16.5. The number of guanidine groups is 1. The molecule has 1 aromatic heterocycles. The van der Waals surface area contributed by atoms with Gasteiger partial charge in [-0.2, -0.15) is 0 Å². The van der Waals surface area contributed by atoms with Crippen molar-refractivity contribution < 1.29 is 4.79 Å². The standard InChI is InChI=1S/C20H29N5OS/c1-5-17-13-23-18(27-17)10-11-22-20(21-4)24-12-15-6-8-16(9-7-15)25-19(26)14(2)3/h6-9,13-14H,5,10-12H2,1-4H3,(H,25,26)(H2,21,22,24). The number of thiazole rings is 1. The summed E-state index contributed by atoms with van der Waals surface area (Å²) in [7, 11) is 1.76. The average Bonchev–Trinajstić information content (AvgIpc) is 3.13. The van der Waals surface area contributed by atoms with E-state index in [1.807, 2.05) is 44.3 Å². The Morgan fingerprint density at radius 3 is 2.56 bits per heavy atom. The SMILES string of the molecule is CCc1cnc(CCNC(=NC)NCc2ccc(NC(=O)C(C)C)cc2)s1. The summed E-state index contributed by atoms with van der Waals surface area (Å²) in [6.45, 7) is 7.35. The largest absolute Gasteiger partial charge is 0.356 e. The van der Waals surface area contributed by atoms with Crippen LogP contribution < -0.4 is 16.0 Å². The van der Waals surface area contributed by atoms with Gasteiger partial charge in [0.15, 0.2) is 5.96 Å². The first-order chi connectivity index (χ1) is 13.0. The van der Waals surface area contributed by atoms with Crippen molar-refractivity contribution in [2.45, 2.75) is 40.2 Å². The number of nitrogens with zero attached hydrogens (tertiary/aromatic N) is 2. The molecule has 3 N–H and O–H groups in total. The number of aliphatic imine (C=N–C) groups is 1.